The quantitative estimate of drug-likeness (QED) is 0.420. The number of fused-ring (bicyclic) bond motifs is 1. The zero-order chi connectivity index (χ0) is 23.2. The van der Waals surface area contributed by atoms with Gasteiger partial charge in [-0.15, -0.1) is 0 Å². The van der Waals surface area contributed by atoms with Crippen molar-refractivity contribution in [2.75, 3.05) is 25.1 Å². The number of nitrogens with zero attached hydrogens (tertiary/aromatic N) is 1. The summed E-state index contributed by atoms with van der Waals surface area (Å²) < 4.78 is 11.4. The van der Waals surface area contributed by atoms with Crippen molar-refractivity contribution in [3.05, 3.63) is 59.2 Å². The average Bonchev–Trinajstić information content (AvgIpc) is 3.42. The molecule has 0 spiro atoms. The summed E-state index contributed by atoms with van der Waals surface area (Å²) in [4.78, 5) is 39.6. The first-order chi connectivity index (χ1) is 16.1. The van der Waals surface area contributed by atoms with Gasteiger partial charge >= 0.3 is 0 Å². The Morgan fingerprint density at radius 1 is 1.09 bits per heavy atom. The van der Waals surface area contributed by atoms with Crippen molar-refractivity contribution in [3.8, 4) is 5.75 Å². The lowest BCUT2D eigenvalue weighted by Crippen LogP contribution is -2.36. The van der Waals surface area contributed by atoms with Crippen LogP contribution < -0.4 is 10.1 Å². The summed E-state index contributed by atoms with van der Waals surface area (Å²) in [6, 6.07) is 11.9. The van der Waals surface area contributed by atoms with Gasteiger partial charge in [0.2, 0.25) is 0 Å². The predicted molar refractivity (Wildman–Crippen MR) is 125 cm³/mol. The van der Waals surface area contributed by atoms with Gasteiger partial charge in [-0.3, -0.25) is 19.3 Å². The standard InChI is InChI=1S/C26H30N2O5/c1-2-3-4-5-13-32-20-9-6-8-19(16-20)27-24(29)18-11-12-22-23(15-18)26(31)28(25(22)30)17-21-10-7-14-33-21/h6,8-9,11-12,15-16,21H,2-5,7,10,13-14,17H2,1H3,(H,27,29)/t21-/m1/s1. The number of hydrogen-bond acceptors (Lipinski definition) is 5. The van der Waals surface area contributed by atoms with Gasteiger partial charge in [-0.25, -0.2) is 0 Å². The van der Waals surface area contributed by atoms with Crippen LogP contribution in [0.3, 0.4) is 0 Å². The number of benzene rings is 2. The monoisotopic (exact) mass is 450 g/mol. The molecule has 0 radical (unpaired) electrons. The molecule has 174 valence electrons. The van der Waals surface area contributed by atoms with Gasteiger partial charge in [-0.2, -0.15) is 0 Å². The largest absolute Gasteiger partial charge is 0.494 e. The number of hydrogen-bond donors (Lipinski definition) is 1. The van der Waals surface area contributed by atoms with Crippen LogP contribution in [0, 0.1) is 0 Å². The summed E-state index contributed by atoms with van der Waals surface area (Å²) in [5.41, 5.74) is 1.51. The highest BCUT2D eigenvalue weighted by molar-refractivity contribution is 6.22. The third kappa shape index (κ3) is 5.42. The Morgan fingerprint density at radius 2 is 1.94 bits per heavy atom. The number of imide groups is 1. The molecule has 0 saturated carbocycles. The first-order valence-electron chi connectivity index (χ1n) is 11.7. The maximum atomic E-state index is 12.8. The second kappa shape index (κ2) is 10.6. The molecular formula is C26H30N2O5. The van der Waals surface area contributed by atoms with Crippen molar-refractivity contribution < 1.29 is 23.9 Å². The number of amides is 3. The van der Waals surface area contributed by atoms with Crippen LogP contribution in [0.1, 0.15) is 76.5 Å². The van der Waals surface area contributed by atoms with Crippen LogP contribution in [0.4, 0.5) is 5.69 Å². The highest BCUT2D eigenvalue weighted by Gasteiger charge is 2.37. The Morgan fingerprint density at radius 3 is 2.73 bits per heavy atom. The summed E-state index contributed by atoms with van der Waals surface area (Å²) in [6.45, 7) is 3.71. The first kappa shape index (κ1) is 23.0. The van der Waals surface area contributed by atoms with E-state index in [1.807, 2.05) is 12.1 Å². The molecule has 2 aliphatic heterocycles. The van der Waals surface area contributed by atoms with Crippen molar-refractivity contribution in [1.82, 2.24) is 4.90 Å². The maximum Gasteiger partial charge on any atom is 0.261 e. The molecule has 2 heterocycles. The lowest BCUT2D eigenvalue weighted by Gasteiger charge is -2.17. The number of carbonyl (C=O) groups is 3. The summed E-state index contributed by atoms with van der Waals surface area (Å²) in [7, 11) is 0. The third-order valence-corrected chi connectivity index (χ3v) is 6.00. The lowest BCUT2D eigenvalue weighted by atomic mass is 10.1. The first-order valence-corrected chi connectivity index (χ1v) is 11.7. The van der Waals surface area contributed by atoms with Gasteiger partial charge in [-0.05, 0) is 49.6 Å². The minimum absolute atomic E-state index is 0.115. The molecule has 0 unspecified atom stereocenters. The molecule has 1 saturated heterocycles. The molecule has 1 N–H and O–H groups in total. The number of nitrogens with one attached hydrogen (secondary N) is 1. The smallest absolute Gasteiger partial charge is 0.261 e. The van der Waals surface area contributed by atoms with Crippen LogP contribution >= 0.6 is 0 Å². The Kier molecular flexibility index (Phi) is 7.40. The fourth-order valence-electron chi connectivity index (χ4n) is 4.18. The van der Waals surface area contributed by atoms with E-state index in [1.54, 1.807) is 24.3 Å². The van der Waals surface area contributed by atoms with Crippen LogP contribution in [0.5, 0.6) is 5.75 Å². The molecule has 2 aromatic carbocycles. The van der Waals surface area contributed by atoms with E-state index in [0.29, 0.717) is 35.8 Å². The van der Waals surface area contributed by atoms with E-state index in [1.165, 1.54) is 23.8 Å². The van der Waals surface area contributed by atoms with Crippen molar-refractivity contribution in [1.29, 1.82) is 0 Å². The summed E-state index contributed by atoms with van der Waals surface area (Å²) in [5.74, 6) is -0.362. The van der Waals surface area contributed by atoms with E-state index < -0.39 is 0 Å². The van der Waals surface area contributed by atoms with Crippen LogP contribution in [0.15, 0.2) is 42.5 Å². The van der Waals surface area contributed by atoms with Crippen LogP contribution in [-0.2, 0) is 4.74 Å². The van der Waals surface area contributed by atoms with Crippen LogP contribution in [-0.4, -0.2) is 48.5 Å². The summed E-state index contributed by atoms with van der Waals surface area (Å²) in [6.07, 6.45) is 6.16. The van der Waals surface area contributed by atoms with Gasteiger partial charge in [0.25, 0.3) is 17.7 Å². The number of rotatable bonds is 10. The molecule has 7 heteroatoms. The van der Waals surface area contributed by atoms with E-state index in [2.05, 4.69) is 12.2 Å². The van der Waals surface area contributed by atoms with E-state index in [4.69, 9.17) is 9.47 Å². The van der Waals surface area contributed by atoms with Gasteiger partial charge in [0.05, 0.1) is 30.4 Å². The number of carbonyl (C=O) groups excluding carboxylic acids is 3. The van der Waals surface area contributed by atoms with Crippen LogP contribution in [0.25, 0.3) is 0 Å². The maximum absolute atomic E-state index is 12.8. The SMILES string of the molecule is CCCCCCOc1cccc(NC(=O)c2ccc3c(c2)C(=O)N(C[C@H]2CCCO2)C3=O)c1. The fraction of sp³-hybridized carbons (Fsp3) is 0.423. The number of anilines is 1. The van der Waals surface area contributed by atoms with E-state index >= 15 is 0 Å². The Labute approximate surface area is 194 Å². The van der Waals surface area contributed by atoms with Crippen molar-refractivity contribution in [2.45, 2.75) is 51.6 Å². The summed E-state index contributed by atoms with van der Waals surface area (Å²) in [5, 5.41) is 2.85. The second-order valence-corrected chi connectivity index (χ2v) is 8.51. The molecule has 1 fully saturated rings. The van der Waals surface area contributed by atoms with Crippen molar-refractivity contribution in [2.24, 2.45) is 0 Å². The van der Waals surface area contributed by atoms with Gasteiger partial charge in [0.15, 0.2) is 0 Å². The third-order valence-electron chi connectivity index (χ3n) is 6.00. The topological polar surface area (TPSA) is 84.9 Å². The van der Waals surface area contributed by atoms with Gasteiger partial charge in [0.1, 0.15) is 5.75 Å². The molecule has 0 bridgehead atoms. The number of ether oxygens (including phenoxy) is 2. The minimum Gasteiger partial charge on any atom is -0.494 e. The Hall–Kier alpha value is -3.19. The molecule has 1 atom stereocenters. The molecule has 4 rings (SSSR count). The molecule has 33 heavy (non-hydrogen) atoms. The van der Waals surface area contributed by atoms with Crippen molar-refractivity contribution >= 4 is 23.4 Å². The molecule has 0 aromatic heterocycles. The van der Waals surface area contributed by atoms with Gasteiger partial charge in [-0.1, -0.05) is 32.3 Å². The normalized spacial score (nSPS) is 17.4. The van der Waals surface area contributed by atoms with Crippen molar-refractivity contribution in [3.63, 3.8) is 0 Å². The number of unbranched alkanes of at least 4 members (excludes halogenated alkanes) is 3. The van der Waals surface area contributed by atoms with Crippen LogP contribution in [0.2, 0.25) is 0 Å². The van der Waals surface area contributed by atoms with E-state index in [9.17, 15) is 14.4 Å². The van der Waals surface area contributed by atoms with E-state index in [-0.39, 0.29) is 35.9 Å². The molecule has 7 nitrogen and oxygen atoms in total. The average molecular weight is 451 g/mol. The fourth-order valence-corrected chi connectivity index (χ4v) is 4.18. The molecule has 0 aliphatic carbocycles. The molecule has 3 amide bonds. The molecule has 2 aliphatic rings. The zero-order valence-corrected chi connectivity index (χ0v) is 19.0. The predicted octanol–water partition coefficient (Wildman–Crippen LogP) is 4.67. The zero-order valence-electron chi connectivity index (χ0n) is 19.0. The molecule has 2 aromatic rings. The van der Waals surface area contributed by atoms with E-state index in [0.717, 1.165) is 25.7 Å². The minimum atomic E-state index is -0.376. The highest BCUT2D eigenvalue weighted by atomic mass is 16.5. The lowest BCUT2D eigenvalue weighted by molar-refractivity contribution is 0.0475. The second-order valence-electron chi connectivity index (χ2n) is 8.51. The Bertz CT molecular complexity index is 1030. The highest BCUT2D eigenvalue weighted by Crippen LogP contribution is 2.27. The summed E-state index contributed by atoms with van der Waals surface area (Å²) >= 11 is 0. The Balaban J connectivity index is 1.39. The van der Waals surface area contributed by atoms with Gasteiger partial charge in [0, 0.05) is 23.9 Å². The van der Waals surface area contributed by atoms with Gasteiger partial charge < -0.3 is 14.8 Å². The molecular weight excluding hydrogens is 420 g/mol.